The van der Waals surface area contributed by atoms with Crippen molar-refractivity contribution >= 4 is 17.2 Å². The summed E-state index contributed by atoms with van der Waals surface area (Å²) >= 11 is 0. The Balaban J connectivity index is 1.76. The smallest absolute Gasteiger partial charge is 0.139 e. The predicted molar refractivity (Wildman–Crippen MR) is 83.6 cm³/mol. The van der Waals surface area contributed by atoms with Crippen molar-refractivity contribution in [2.24, 2.45) is 10.9 Å². The Hall–Kier alpha value is -1.91. The molecule has 0 aromatic heterocycles. The van der Waals surface area contributed by atoms with Crippen LogP contribution in [0.5, 0.6) is 0 Å². The van der Waals surface area contributed by atoms with E-state index in [1.54, 1.807) is 0 Å². The van der Waals surface area contributed by atoms with Crippen molar-refractivity contribution in [1.82, 2.24) is 0 Å². The summed E-state index contributed by atoms with van der Waals surface area (Å²) < 4.78 is 0. The normalized spacial score (nSPS) is 16.2. The van der Waals surface area contributed by atoms with Crippen LogP contribution in [0.4, 0.5) is 11.4 Å². The van der Waals surface area contributed by atoms with Gasteiger partial charge in [0, 0.05) is 37.4 Å². The number of benzene rings is 1. The number of oxime groups is 1. The van der Waals surface area contributed by atoms with Crippen LogP contribution in [0.2, 0.25) is 0 Å². The third-order valence-electron chi connectivity index (χ3n) is 3.66. The van der Waals surface area contributed by atoms with Crippen molar-refractivity contribution in [1.29, 1.82) is 0 Å². The maximum Gasteiger partial charge on any atom is 0.139 e. The summed E-state index contributed by atoms with van der Waals surface area (Å²) in [6.45, 7) is 3.17. The molecule has 0 atom stereocenters. The van der Waals surface area contributed by atoms with Gasteiger partial charge in [0.25, 0.3) is 0 Å². The van der Waals surface area contributed by atoms with Crippen LogP contribution in [-0.2, 0) is 0 Å². The van der Waals surface area contributed by atoms with Gasteiger partial charge < -0.3 is 21.2 Å². The molecule has 0 amide bonds. The number of anilines is 2. The second-order valence-corrected chi connectivity index (χ2v) is 5.22. The lowest BCUT2D eigenvalue weighted by Crippen LogP contribution is -2.29. The minimum Gasteiger partial charge on any atom is -0.409 e. The predicted octanol–water partition coefficient (Wildman–Crippen LogP) is 2.62. The number of rotatable bonds is 6. The summed E-state index contributed by atoms with van der Waals surface area (Å²) in [6.07, 6.45) is 5.41. The van der Waals surface area contributed by atoms with Gasteiger partial charge in [-0.3, -0.25) is 0 Å². The summed E-state index contributed by atoms with van der Waals surface area (Å²) in [5.74, 6) is 0.284. The van der Waals surface area contributed by atoms with Crippen LogP contribution >= 0.6 is 0 Å². The topological polar surface area (TPSA) is 73.9 Å². The fourth-order valence-corrected chi connectivity index (χ4v) is 2.49. The molecule has 0 aliphatic carbocycles. The summed E-state index contributed by atoms with van der Waals surface area (Å²) in [6, 6.07) is 8.59. The monoisotopic (exact) mass is 276 g/mol. The van der Waals surface area contributed by atoms with Gasteiger partial charge in [-0.1, -0.05) is 5.16 Å². The first-order valence-corrected chi connectivity index (χ1v) is 7.35. The lowest BCUT2D eigenvalue weighted by molar-refractivity contribution is 0.316. The van der Waals surface area contributed by atoms with Crippen molar-refractivity contribution in [3.8, 4) is 0 Å². The fourth-order valence-electron chi connectivity index (χ4n) is 2.49. The van der Waals surface area contributed by atoms with Gasteiger partial charge in [-0.15, -0.1) is 0 Å². The number of hydrogen-bond donors (Lipinski definition) is 3. The maximum absolute atomic E-state index is 8.44. The SMILES string of the molecule is NC(CCCNc1ccc(N2CCCCC2)cc1)=NO. The summed E-state index contributed by atoms with van der Waals surface area (Å²) in [5.41, 5.74) is 7.85. The molecule has 1 aliphatic rings. The molecule has 0 saturated carbocycles. The van der Waals surface area contributed by atoms with Crippen LogP contribution in [0, 0.1) is 0 Å². The molecule has 110 valence electrons. The maximum atomic E-state index is 8.44. The lowest BCUT2D eigenvalue weighted by atomic mass is 10.1. The van der Waals surface area contributed by atoms with Crippen LogP contribution in [0.25, 0.3) is 0 Å². The van der Waals surface area contributed by atoms with Gasteiger partial charge in [0.15, 0.2) is 0 Å². The molecule has 1 aromatic rings. The third-order valence-corrected chi connectivity index (χ3v) is 3.66. The fraction of sp³-hybridized carbons (Fsp3) is 0.533. The zero-order chi connectivity index (χ0) is 14.2. The van der Waals surface area contributed by atoms with E-state index < -0.39 is 0 Å². The number of piperidine rings is 1. The standard InChI is InChI=1S/C15H24N4O/c16-15(18-20)5-4-10-17-13-6-8-14(9-7-13)19-11-2-1-3-12-19/h6-9,17,20H,1-5,10-12H2,(H2,16,18). The highest BCUT2D eigenvalue weighted by Gasteiger charge is 2.10. The van der Waals surface area contributed by atoms with Crippen LogP contribution in [0.3, 0.4) is 0 Å². The molecule has 0 unspecified atom stereocenters. The van der Waals surface area contributed by atoms with Gasteiger partial charge in [-0.2, -0.15) is 0 Å². The van der Waals surface area contributed by atoms with Crippen LogP contribution < -0.4 is 16.0 Å². The van der Waals surface area contributed by atoms with Crippen molar-refractivity contribution in [2.45, 2.75) is 32.1 Å². The molecule has 0 bridgehead atoms. The average molecular weight is 276 g/mol. The molecule has 0 radical (unpaired) electrons. The van der Waals surface area contributed by atoms with E-state index in [1.807, 2.05) is 0 Å². The molecule has 1 aromatic carbocycles. The molecule has 0 spiro atoms. The zero-order valence-corrected chi connectivity index (χ0v) is 11.9. The van der Waals surface area contributed by atoms with Crippen LogP contribution in [-0.4, -0.2) is 30.7 Å². The van der Waals surface area contributed by atoms with Crippen molar-refractivity contribution < 1.29 is 5.21 Å². The van der Waals surface area contributed by atoms with Gasteiger partial charge in [-0.05, 0) is 49.9 Å². The molecule has 1 heterocycles. The molecule has 1 aliphatic heterocycles. The van der Waals surface area contributed by atoms with Crippen LogP contribution in [0.1, 0.15) is 32.1 Å². The summed E-state index contributed by atoms with van der Waals surface area (Å²) in [7, 11) is 0. The second kappa shape index (κ2) is 7.62. The molecule has 5 heteroatoms. The van der Waals surface area contributed by atoms with Crippen molar-refractivity contribution in [3.05, 3.63) is 24.3 Å². The highest BCUT2D eigenvalue weighted by atomic mass is 16.4. The Morgan fingerprint density at radius 2 is 1.90 bits per heavy atom. The first-order valence-electron chi connectivity index (χ1n) is 7.35. The molecule has 1 fully saturated rings. The van der Waals surface area contributed by atoms with E-state index >= 15 is 0 Å². The molecule has 20 heavy (non-hydrogen) atoms. The molecule has 2 rings (SSSR count). The zero-order valence-electron chi connectivity index (χ0n) is 11.9. The third kappa shape index (κ3) is 4.33. The first kappa shape index (κ1) is 14.5. The van der Waals surface area contributed by atoms with E-state index in [9.17, 15) is 0 Å². The summed E-state index contributed by atoms with van der Waals surface area (Å²) in [5, 5.41) is 14.7. The van der Waals surface area contributed by atoms with Crippen molar-refractivity contribution in [2.75, 3.05) is 29.9 Å². The Bertz CT molecular complexity index is 424. The number of amidine groups is 1. The number of nitrogens with two attached hydrogens (primary N) is 1. The summed E-state index contributed by atoms with van der Waals surface area (Å²) in [4.78, 5) is 2.45. The van der Waals surface area contributed by atoms with Gasteiger partial charge in [-0.25, -0.2) is 0 Å². The Morgan fingerprint density at radius 1 is 1.20 bits per heavy atom. The molecule has 1 saturated heterocycles. The number of hydrogen-bond acceptors (Lipinski definition) is 4. The van der Waals surface area contributed by atoms with E-state index in [1.165, 1.54) is 38.0 Å². The van der Waals surface area contributed by atoms with E-state index in [-0.39, 0.29) is 5.84 Å². The second-order valence-electron chi connectivity index (χ2n) is 5.22. The minimum absolute atomic E-state index is 0.284. The first-order chi connectivity index (χ1) is 9.79. The molecule has 5 nitrogen and oxygen atoms in total. The highest BCUT2D eigenvalue weighted by Crippen LogP contribution is 2.21. The van der Waals surface area contributed by atoms with Crippen molar-refractivity contribution in [3.63, 3.8) is 0 Å². The number of nitrogens with zero attached hydrogens (tertiary/aromatic N) is 2. The van der Waals surface area contributed by atoms with Gasteiger partial charge >= 0.3 is 0 Å². The van der Waals surface area contributed by atoms with E-state index in [0.717, 1.165) is 18.7 Å². The Morgan fingerprint density at radius 3 is 2.55 bits per heavy atom. The van der Waals surface area contributed by atoms with Crippen LogP contribution in [0.15, 0.2) is 29.4 Å². The Kier molecular flexibility index (Phi) is 5.53. The molecule has 4 N–H and O–H groups in total. The molecular formula is C15H24N4O. The minimum atomic E-state index is 0.284. The average Bonchev–Trinajstić information content (AvgIpc) is 2.52. The van der Waals surface area contributed by atoms with E-state index in [4.69, 9.17) is 10.9 Å². The highest BCUT2D eigenvalue weighted by molar-refractivity contribution is 5.79. The van der Waals surface area contributed by atoms with Gasteiger partial charge in [0.2, 0.25) is 0 Å². The lowest BCUT2D eigenvalue weighted by Gasteiger charge is -2.28. The van der Waals surface area contributed by atoms with E-state index in [0.29, 0.717) is 6.42 Å². The van der Waals surface area contributed by atoms with Gasteiger partial charge in [0.05, 0.1) is 0 Å². The molecular weight excluding hydrogens is 252 g/mol. The van der Waals surface area contributed by atoms with Gasteiger partial charge in [0.1, 0.15) is 5.84 Å². The largest absolute Gasteiger partial charge is 0.409 e. The van der Waals surface area contributed by atoms with E-state index in [2.05, 4.69) is 39.6 Å². The number of nitrogens with one attached hydrogen (secondary N) is 1. The quantitative estimate of drug-likeness (QED) is 0.245. The Labute approximate surface area is 120 Å².